The number of carboxylic acid groups (broad SMARTS) is 1. The molecule has 0 bridgehead atoms. The molecule has 2 atom stereocenters. The first-order valence-corrected chi connectivity index (χ1v) is 7.58. The quantitative estimate of drug-likeness (QED) is 0.669. The molecule has 0 saturated carbocycles. The van der Waals surface area contributed by atoms with Crippen molar-refractivity contribution in [2.24, 2.45) is 5.73 Å². The maximum Gasteiger partial charge on any atom is 0.326 e. The number of nitrogens with zero attached hydrogens (tertiary/aromatic N) is 1. The molecule has 0 aliphatic carbocycles. The highest BCUT2D eigenvalue weighted by Gasteiger charge is 2.33. The van der Waals surface area contributed by atoms with Gasteiger partial charge in [0.05, 0.1) is 12.6 Å². The summed E-state index contributed by atoms with van der Waals surface area (Å²) in [5.41, 5.74) is 6.77. The lowest BCUT2D eigenvalue weighted by atomic mass is 10.1. The van der Waals surface area contributed by atoms with Crippen molar-refractivity contribution in [1.82, 2.24) is 10.2 Å². The van der Waals surface area contributed by atoms with Crippen LogP contribution in [0, 0.1) is 0 Å². The second-order valence-electron chi connectivity index (χ2n) is 5.60. The number of carboxylic acids is 1. The van der Waals surface area contributed by atoms with Gasteiger partial charge < -0.3 is 21.1 Å². The van der Waals surface area contributed by atoms with Crippen molar-refractivity contribution in [2.45, 2.75) is 31.3 Å². The number of hydrogen-bond acceptors (Lipinski definition) is 4. The minimum atomic E-state index is -1.01. The monoisotopic (exact) mass is 319 g/mol. The van der Waals surface area contributed by atoms with Crippen molar-refractivity contribution in [2.75, 3.05) is 13.1 Å². The molecule has 23 heavy (non-hydrogen) atoms. The summed E-state index contributed by atoms with van der Waals surface area (Å²) in [5, 5.41) is 11.6. The van der Waals surface area contributed by atoms with Gasteiger partial charge in [-0.3, -0.25) is 9.59 Å². The lowest BCUT2D eigenvalue weighted by Gasteiger charge is -2.22. The average molecular weight is 319 g/mol. The second kappa shape index (κ2) is 7.73. The summed E-state index contributed by atoms with van der Waals surface area (Å²) in [6.45, 7) is 0.173. The predicted molar refractivity (Wildman–Crippen MR) is 83.5 cm³/mol. The Hall–Kier alpha value is -2.41. The molecule has 124 valence electrons. The fourth-order valence-corrected chi connectivity index (χ4v) is 2.68. The smallest absolute Gasteiger partial charge is 0.326 e. The number of carbonyl (C=O) groups excluding carboxylic acids is 2. The second-order valence-corrected chi connectivity index (χ2v) is 5.60. The predicted octanol–water partition coefficient (Wildman–Crippen LogP) is -0.252. The molecule has 7 heteroatoms. The van der Waals surface area contributed by atoms with Gasteiger partial charge in [0.15, 0.2) is 0 Å². The van der Waals surface area contributed by atoms with E-state index < -0.39 is 29.9 Å². The Bertz CT molecular complexity index is 576. The van der Waals surface area contributed by atoms with Crippen LogP contribution < -0.4 is 11.1 Å². The highest BCUT2D eigenvalue weighted by molar-refractivity contribution is 5.89. The van der Waals surface area contributed by atoms with Gasteiger partial charge in [-0.25, -0.2) is 4.79 Å². The largest absolute Gasteiger partial charge is 0.480 e. The molecular formula is C16H21N3O4. The van der Waals surface area contributed by atoms with E-state index in [0.29, 0.717) is 25.8 Å². The van der Waals surface area contributed by atoms with Crippen LogP contribution in [-0.2, 0) is 20.8 Å². The number of carbonyl (C=O) groups is 3. The Balaban J connectivity index is 1.81. The van der Waals surface area contributed by atoms with Crippen molar-refractivity contribution in [3.05, 3.63) is 35.9 Å². The normalized spacial score (nSPS) is 18.5. The molecule has 2 rings (SSSR count). The number of rotatable bonds is 6. The summed E-state index contributed by atoms with van der Waals surface area (Å²) in [4.78, 5) is 36.4. The Morgan fingerprint density at radius 2 is 2.00 bits per heavy atom. The zero-order valence-corrected chi connectivity index (χ0v) is 12.8. The van der Waals surface area contributed by atoms with E-state index in [-0.39, 0.29) is 6.54 Å². The first-order chi connectivity index (χ1) is 11.0. The van der Waals surface area contributed by atoms with Gasteiger partial charge in [-0.05, 0) is 24.8 Å². The summed E-state index contributed by atoms with van der Waals surface area (Å²) in [6.07, 6.45) is 1.48. The number of aliphatic carboxylic acids is 1. The summed E-state index contributed by atoms with van der Waals surface area (Å²) in [6, 6.07) is 7.81. The van der Waals surface area contributed by atoms with Crippen molar-refractivity contribution in [3.8, 4) is 0 Å². The van der Waals surface area contributed by atoms with E-state index in [2.05, 4.69) is 5.32 Å². The molecule has 1 aromatic carbocycles. The molecule has 1 aliphatic rings. The molecule has 1 fully saturated rings. The van der Waals surface area contributed by atoms with E-state index in [1.54, 1.807) is 0 Å². The Labute approximate surface area is 134 Å². The van der Waals surface area contributed by atoms with E-state index in [9.17, 15) is 14.4 Å². The Kier molecular flexibility index (Phi) is 5.70. The van der Waals surface area contributed by atoms with E-state index in [0.717, 1.165) is 5.56 Å². The summed E-state index contributed by atoms with van der Waals surface area (Å²) in [7, 11) is 0. The third-order valence-corrected chi connectivity index (χ3v) is 3.91. The SMILES string of the molecule is N[C@@H](Cc1ccccc1)C(=O)NCC(=O)N1CCC[C@@H]1C(=O)O. The first-order valence-electron chi connectivity index (χ1n) is 7.58. The van der Waals surface area contributed by atoms with Gasteiger partial charge in [0.25, 0.3) is 0 Å². The van der Waals surface area contributed by atoms with Gasteiger partial charge in [0, 0.05) is 6.54 Å². The highest BCUT2D eigenvalue weighted by atomic mass is 16.4. The molecule has 0 radical (unpaired) electrons. The van der Waals surface area contributed by atoms with Gasteiger partial charge in [0.2, 0.25) is 11.8 Å². The number of benzene rings is 1. The minimum absolute atomic E-state index is 0.231. The summed E-state index contributed by atoms with van der Waals surface area (Å²) in [5.74, 6) is -1.83. The first kappa shape index (κ1) is 17.0. The fraction of sp³-hybridized carbons (Fsp3) is 0.438. The molecule has 0 unspecified atom stereocenters. The molecule has 1 aliphatic heterocycles. The van der Waals surface area contributed by atoms with E-state index in [4.69, 9.17) is 10.8 Å². The zero-order valence-electron chi connectivity index (χ0n) is 12.8. The zero-order chi connectivity index (χ0) is 16.8. The van der Waals surface area contributed by atoms with Crippen LogP contribution >= 0.6 is 0 Å². The number of hydrogen-bond donors (Lipinski definition) is 3. The van der Waals surface area contributed by atoms with E-state index in [1.165, 1.54) is 4.90 Å². The lowest BCUT2D eigenvalue weighted by Crippen LogP contribution is -2.49. The number of likely N-dealkylation sites (tertiary alicyclic amines) is 1. The van der Waals surface area contributed by atoms with Crippen LogP contribution in [0.25, 0.3) is 0 Å². The topological polar surface area (TPSA) is 113 Å². The molecule has 1 aromatic rings. The van der Waals surface area contributed by atoms with Crippen molar-refractivity contribution < 1.29 is 19.5 Å². The van der Waals surface area contributed by atoms with Gasteiger partial charge in [-0.2, -0.15) is 0 Å². The molecule has 0 spiro atoms. The molecule has 0 aromatic heterocycles. The maximum atomic E-state index is 12.1. The molecular weight excluding hydrogens is 298 g/mol. The van der Waals surface area contributed by atoms with E-state index >= 15 is 0 Å². The average Bonchev–Trinajstić information content (AvgIpc) is 3.03. The van der Waals surface area contributed by atoms with Crippen LogP contribution in [0.3, 0.4) is 0 Å². The van der Waals surface area contributed by atoms with Crippen molar-refractivity contribution >= 4 is 17.8 Å². The van der Waals surface area contributed by atoms with E-state index in [1.807, 2.05) is 30.3 Å². The van der Waals surface area contributed by atoms with Crippen LogP contribution in [0.5, 0.6) is 0 Å². The fourth-order valence-electron chi connectivity index (χ4n) is 2.68. The maximum absolute atomic E-state index is 12.1. The summed E-state index contributed by atoms with van der Waals surface area (Å²) < 4.78 is 0. The standard InChI is InChI=1S/C16H21N3O4/c17-12(9-11-5-2-1-3-6-11)15(21)18-10-14(20)19-8-4-7-13(19)16(22)23/h1-3,5-6,12-13H,4,7-10,17H2,(H,18,21)(H,22,23)/t12-,13+/m0/s1. The van der Waals surface area contributed by atoms with Crippen LogP contribution in [0.4, 0.5) is 0 Å². The number of amides is 2. The third kappa shape index (κ3) is 4.53. The Morgan fingerprint density at radius 3 is 2.65 bits per heavy atom. The van der Waals surface area contributed by atoms with Crippen LogP contribution in [-0.4, -0.2) is 53.0 Å². The van der Waals surface area contributed by atoms with Crippen LogP contribution in [0.2, 0.25) is 0 Å². The molecule has 2 amide bonds. The van der Waals surface area contributed by atoms with Crippen LogP contribution in [0.1, 0.15) is 18.4 Å². The van der Waals surface area contributed by atoms with Crippen LogP contribution in [0.15, 0.2) is 30.3 Å². The van der Waals surface area contributed by atoms with Gasteiger partial charge in [-0.15, -0.1) is 0 Å². The van der Waals surface area contributed by atoms with Crippen molar-refractivity contribution in [1.29, 1.82) is 0 Å². The molecule has 4 N–H and O–H groups in total. The van der Waals surface area contributed by atoms with Gasteiger partial charge in [-0.1, -0.05) is 30.3 Å². The molecule has 1 heterocycles. The lowest BCUT2D eigenvalue weighted by molar-refractivity contribution is -0.148. The highest BCUT2D eigenvalue weighted by Crippen LogP contribution is 2.17. The number of nitrogens with two attached hydrogens (primary N) is 1. The van der Waals surface area contributed by atoms with Gasteiger partial charge in [0.1, 0.15) is 6.04 Å². The minimum Gasteiger partial charge on any atom is -0.480 e. The summed E-state index contributed by atoms with van der Waals surface area (Å²) >= 11 is 0. The molecule has 7 nitrogen and oxygen atoms in total. The molecule has 1 saturated heterocycles. The van der Waals surface area contributed by atoms with Crippen molar-refractivity contribution in [3.63, 3.8) is 0 Å². The van der Waals surface area contributed by atoms with Gasteiger partial charge >= 0.3 is 5.97 Å². The number of nitrogens with one attached hydrogen (secondary N) is 1. The Morgan fingerprint density at radius 1 is 1.30 bits per heavy atom. The third-order valence-electron chi connectivity index (χ3n) is 3.91.